The molecule has 11 heteroatoms. The van der Waals surface area contributed by atoms with E-state index in [0.29, 0.717) is 75.3 Å². The minimum Gasteiger partial charge on any atom is -0.497 e. The SMILES string of the molecule is COc1ccc(CCn2c(C(=O)c3ccc(OC)cc3)c(-c3ccc(OC)cc3)c3c(-c4cccc(OC(C)(C)C)c4N=[N+]=[N-])cc(OC)c(-c4ccc(OC)cc4)c32)cc1. The minimum atomic E-state index is -0.611. The maximum Gasteiger partial charge on any atom is 0.210 e. The molecule has 0 unspecified atom stereocenters. The molecule has 0 saturated heterocycles. The number of hydrogen-bond acceptors (Lipinski definition) is 8. The van der Waals surface area contributed by atoms with Crippen LogP contribution in [-0.4, -0.2) is 51.5 Å². The van der Waals surface area contributed by atoms with Crippen molar-refractivity contribution in [3.63, 3.8) is 0 Å². The Bertz CT molecular complexity index is 2730. The van der Waals surface area contributed by atoms with E-state index in [4.69, 9.17) is 28.4 Å². The monoisotopic (exact) mass is 816 g/mol. The third-order valence-electron chi connectivity index (χ3n) is 10.5. The van der Waals surface area contributed by atoms with E-state index in [1.54, 1.807) is 65.9 Å². The van der Waals surface area contributed by atoms with Gasteiger partial charge in [0.1, 0.15) is 40.1 Å². The van der Waals surface area contributed by atoms with Gasteiger partial charge in [0, 0.05) is 33.5 Å². The van der Waals surface area contributed by atoms with Gasteiger partial charge in [-0.25, -0.2) is 0 Å². The van der Waals surface area contributed by atoms with Crippen molar-refractivity contribution in [2.75, 3.05) is 35.5 Å². The van der Waals surface area contributed by atoms with Crippen molar-refractivity contribution >= 4 is 22.4 Å². The summed E-state index contributed by atoms with van der Waals surface area (Å²) in [5.41, 5.74) is 16.7. The predicted molar refractivity (Wildman–Crippen MR) is 240 cm³/mol. The molecule has 7 rings (SSSR count). The Morgan fingerprint density at radius 3 is 1.67 bits per heavy atom. The predicted octanol–water partition coefficient (Wildman–Crippen LogP) is 12.3. The van der Waals surface area contributed by atoms with E-state index in [0.717, 1.165) is 38.9 Å². The molecule has 0 bridgehead atoms. The summed E-state index contributed by atoms with van der Waals surface area (Å²) in [6.07, 6.45) is 0.562. The van der Waals surface area contributed by atoms with Crippen molar-refractivity contribution in [3.8, 4) is 67.9 Å². The van der Waals surface area contributed by atoms with E-state index < -0.39 is 5.60 Å². The Hall–Kier alpha value is -7.36. The highest BCUT2D eigenvalue weighted by Gasteiger charge is 2.32. The van der Waals surface area contributed by atoms with Crippen LogP contribution in [0.5, 0.6) is 34.5 Å². The molecular formula is C50H48N4O7. The summed E-state index contributed by atoms with van der Waals surface area (Å²) in [7, 11) is 8.11. The van der Waals surface area contributed by atoms with Crippen molar-refractivity contribution in [3.05, 3.63) is 149 Å². The maximum absolute atomic E-state index is 15.5. The third-order valence-corrected chi connectivity index (χ3v) is 10.5. The third kappa shape index (κ3) is 8.55. The molecule has 0 aliphatic rings. The second-order valence-corrected chi connectivity index (χ2v) is 15.3. The van der Waals surface area contributed by atoms with Gasteiger partial charge in [-0.1, -0.05) is 53.6 Å². The molecule has 1 aromatic heterocycles. The summed E-state index contributed by atoms with van der Waals surface area (Å²) in [6, 6.07) is 38.0. The topological polar surface area (TPSA) is 126 Å². The molecular weight excluding hydrogens is 769 g/mol. The first kappa shape index (κ1) is 41.8. The van der Waals surface area contributed by atoms with E-state index in [1.807, 2.05) is 112 Å². The smallest absolute Gasteiger partial charge is 0.210 e. The van der Waals surface area contributed by atoms with E-state index in [9.17, 15) is 5.53 Å². The number of azide groups is 1. The highest BCUT2D eigenvalue weighted by atomic mass is 16.5. The van der Waals surface area contributed by atoms with Crippen molar-refractivity contribution < 1.29 is 33.2 Å². The summed E-state index contributed by atoms with van der Waals surface area (Å²) in [5, 5.41) is 5.00. The molecule has 7 aromatic rings. The van der Waals surface area contributed by atoms with E-state index >= 15 is 4.79 Å². The number of carbonyl (C=O) groups excluding carboxylic acids is 1. The lowest BCUT2D eigenvalue weighted by atomic mass is 9.89. The molecule has 0 atom stereocenters. The van der Waals surface area contributed by atoms with E-state index in [-0.39, 0.29) is 5.78 Å². The first-order valence-corrected chi connectivity index (χ1v) is 19.8. The van der Waals surface area contributed by atoms with Crippen LogP contribution in [0.3, 0.4) is 0 Å². The van der Waals surface area contributed by atoms with Gasteiger partial charge in [0.15, 0.2) is 0 Å². The molecule has 310 valence electrons. The van der Waals surface area contributed by atoms with Crippen LogP contribution in [0.1, 0.15) is 42.4 Å². The van der Waals surface area contributed by atoms with Crippen LogP contribution in [0.2, 0.25) is 0 Å². The van der Waals surface area contributed by atoms with Gasteiger partial charge in [-0.3, -0.25) is 4.79 Å². The van der Waals surface area contributed by atoms with Gasteiger partial charge in [-0.05, 0) is 133 Å². The zero-order valence-corrected chi connectivity index (χ0v) is 35.6. The van der Waals surface area contributed by atoms with Crippen LogP contribution in [0.4, 0.5) is 5.69 Å². The normalized spacial score (nSPS) is 11.1. The van der Waals surface area contributed by atoms with Crippen LogP contribution in [0.25, 0.3) is 54.7 Å². The summed E-state index contributed by atoms with van der Waals surface area (Å²) in [5.74, 6) is 3.47. The molecule has 1 heterocycles. The lowest BCUT2D eigenvalue weighted by Crippen LogP contribution is -2.23. The summed E-state index contributed by atoms with van der Waals surface area (Å²) >= 11 is 0. The van der Waals surface area contributed by atoms with Crippen molar-refractivity contribution in [1.29, 1.82) is 0 Å². The number of aromatic nitrogens is 1. The molecule has 0 radical (unpaired) electrons. The molecule has 0 fully saturated rings. The molecule has 61 heavy (non-hydrogen) atoms. The fourth-order valence-electron chi connectivity index (χ4n) is 7.65. The largest absolute Gasteiger partial charge is 0.497 e. The molecule has 0 aliphatic carbocycles. The molecule has 0 N–H and O–H groups in total. The quantitative estimate of drug-likeness (QED) is 0.0436. The zero-order valence-electron chi connectivity index (χ0n) is 35.6. The van der Waals surface area contributed by atoms with Crippen molar-refractivity contribution in [2.45, 2.75) is 39.3 Å². The second kappa shape index (κ2) is 17.9. The molecule has 0 aliphatic heterocycles. The first-order chi connectivity index (χ1) is 29.5. The van der Waals surface area contributed by atoms with E-state index in [2.05, 4.69) is 14.6 Å². The maximum atomic E-state index is 15.5. The Morgan fingerprint density at radius 1 is 0.639 bits per heavy atom. The van der Waals surface area contributed by atoms with Crippen LogP contribution >= 0.6 is 0 Å². The van der Waals surface area contributed by atoms with Gasteiger partial charge < -0.3 is 33.0 Å². The van der Waals surface area contributed by atoms with Crippen LogP contribution in [-0.2, 0) is 13.0 Å². The number of ether oxygens (including phenoxy) is 6. The molecule has 0 saturated carbocycles. The number of ketones is 1. The number of benzene rings is 6. The Labute approximate surface area is 355 Å². The van der Waals surface area contributed by atoms with E-state index in [1.165, 1.54) is 0 Å². The van der Waals surface area contributed by atoms with Crippen LogP contribution in [0, 0.1) is 0 Å². The number of hydrogen-bond donors (Lipinski definition) is 0. The fourth-order valence-corrected chi connectivity index (χ4v) is 7.65. The number of carbonyl (C=O) groups is 1. The molecule has 11 nitrogen and oxygen atoms in total. The Balaban J connectivity index is 1.70. The van der Waals surface area contributed by atoms with Crippen molar-refractivity contribution in [2.24, 2.45) is 5.11 Å². The molecule has 0 amide bonds. The number of rotatable bonds is 15. The molecule has 0 spiro atoms. The van der Waals surface area contributed by atoms with Crippen molar-refractivity contribution in [1.82, 2.24) is 4.57 Å². The fraction of sp³-hybridized carbons (Fsp3) is 0.220. The number of fused-ring (bicyclic) bond motifs is 1. The van der Waals surface area contributed by atoms with Gasteiger partial charge >= 0.3 is 0 Å². The van der Waals surface area contributed by atoms with Gasteiger partial charge in [-0.15, -0.1) is 0 Å². The van der Waals surface area contributed by atoms with Gasteiger partial charge in [0.05, 0.1) is 52.4 Å². The Kier molecular flexibility index (Phi) is 12.2. The van der Waals surface area contributed by atoms with Gasteiger partial charge in [0.2, 0.25) is 5.78 Å². The Morgan fingerprint density at radius 2 is 1.16 bits per heavy atom. The minimum absolute atomic E-state index is 0.204. The average molecular weight is 817 g/mol. The summed E-state index contributed by atoms with van der Waals surface area (Å²) < 4.78 is 37.0. The van der Waals surface area contributed by atoms with Crippen LogP contribution < -0.4 is 28.4 Å². The molecule has 6 aromatic carbocycles. The standard InChI is InChI=1S/C50H48N4O7/c1-50(2,3)61-41-11-9-10-39(46(41)52-53-51)40-30-42(60-8)43(32-14-22-36(57-5)23-15-32)47-45(40)44(33-16-24-37(58-6)25-17-33)48(49(55)34-18-26-38(59-7)27-19-34)54(47)29-28-31-12-20-35(56-4)21-13-31/h9-27,30H,28-29H2,1-8H3. The van der Waals surface area contributed by atoms with Crippen LogP contribution in [0.15, 0.2) is 126 Å². The number of nitrogens with zero attached hydrogens (tertiary/aromatic N) is 4. The van der Waals surface area contributed by atoms with Gasteiger partial charge in [0.25, 0.3) is 0 Å². The average Bonchev–Trinajstić information content (AvgIpc) is 3.62. The zero-order chi connectivity index (χ0) is 43.3. The number of aryl methyl sites for hydroxylation is 2. The second-order valence-electron chi connectivity index (χ2n) is 15.3. The number of methoxy groups -OCH3 is 5. The lowest BCUT2D eigenvalue weighted by Gasteiger charge is -2.24. The van der Waals surface area contributed by atoms with Gasteiger partial charge in [-0.2, -0.15) is 0 Å². The first-order valence-electron chi connectivity index (χ1n) is 19.8. The highest BCUT2D eigenvalue weighted by molar-refractivity contribution is 6.23. The summed E-state index contributed by atoms with van der Waals surface area (Å²) in [6.45, 7) is 6.20. The lowest BCUT2D eigenvalue weighted by molar-refractivity contribution is 0.103. The highest BCUT2D eigenvalue weighted by Crippen LogP contribution is 2.52. The summed E-state index contributed by atoms with van der Waals surface area (Å²) in [4.78, 5) is 18.8.